The SMILES string of the molecule is COc1ccc(-c2cccc3[nH]c(OC(=O)NC4CCN(CCN5CCCCCC5)CC4)cc23)cc1OC. The molecule has 38 heavy (non-hydrogen) atoms. The number of amides is 1. The molecular weight excluding hydrogens is 480 g/mol. The molecule has 0 atom stereocenters. The maximum Gasteiger partial charge on any atom is 0.414 e. The van der Waals surface area contributed by atoms with Crippen LogP contribution in [0.25, 0.3) is 22.0 Å². The zero-order valence-corrected chi connectivity index (χ0v) is 22.6. The first-order valence-electron chi connectivity index (χ1n) is 13.9. The van der Waals surface area contributed by atoms with Gasteiger partial charge in [-0.2, -0.15) is 0 Å². The van der Waals surface area contributed by atoms with Gasteiger partial charge in [-0.05, 0) is 68.1 Å². The van der Waals surface area contributed by atoms with Crippen molar-refractivity contribution in [1.29, 1.82) is 0 Å². The monoisotopic (exact) mass is 520 g/mol. The first-order valence-corrected chi connectivity index (χ1v) is 13.9. The summed E-state index contributed by atoms with van der Waals surface area (Å²) in [5, 5.41) is 4.04. The van der Waals surface area contributed by atoms with Gasteiger partial charge in [-0.15, -0.1) is 0 Å². The highest BCUT2D eigenvalue weighted by Gasteiger charge is 2.22. The van der Waals surface area contributed by atoms with Crippen molar-refractivity contribution in [3.8, 4) is 28.5 Å². The van der Waals surface area contributed by atoms with E-state index in [9.17, 15) is 4.79 Å². The highest BCUT2D eigenvalue weighted by atomic mass is 16.6. The fourth-order valence-corrected chi connectivity index (χ4v) is 5.68. The molecule has 2 aliphatic rings. The molecule has 2 fully saturated rings. The van der Waals surface area contributed by atoms with Crippen LogP contribution >= 0.6 is 0 Å². The van der Waals surface area contributed by atoms with Crippen LogP contribution in [-0.4, -0.2) is 80.4 Å². The predicted octanol–water partition coefficient (Wildman–Crippen LogP) is 5.28. The third-order valence-electron chi connectivity index (χ3n) is 7.88. The van der Waals surface area contributed by atoms with Gasteiger partial charge in [0.1, 0.15) is 0 Å². The Labute approximate surface area is 225 Å². The maximum atomic E-state index is 12.7. The van der Waals surface area contributed by atoms with Crippen molar-refractivity contribution in [3.63, 3.8) is 0 Å². The largest absolute Gasteiger partial charge is 0.493 e. The number of methoxy groups -OCH3 is 2. The number of H-pyrrole nitrogens is 1. The molecule has 204 valence electrons. The Morgan fingerprint density at radius 3 is 2.32 bits per heavy atom. The summed E-state index contributed by atoms with van der Waals surface area (Å²) in [5.41, 5.74) is 2.91. The summed E-state index contributed by atoms with van der Waals surface area (Å²) in [5.74, 6) is 1.78. The van der Waals surface area contributed by atoms with Crippen molar-refractivity contribution < 1.29 is 19.0 Å². The predicted molar refractivity (Wildman–Crippen MR) is 150 cm³/mol. The lowest BCUT2D eigenvalue weighted by atomic mass is 10.0. The Morgan fingerprint density at radius 1 is 0.895 bits per heavy atom. The summed E-state index contributed by atoms with van der Waals surface area (Å²) in [6, 6.07) is 13.9. The van der Waals surface area contributed by atoms with E-state index in [1.165, 1.54) is 38.8 Å². The summed E-state index contributed by atoms with van der Waals surface area (Å²) in [6.45, 7) is 6.79. The first kappa shape index (κ1) is 26.4. The normalized spacial score (nSPS) is 17.7. The Bertz CT molecular complexity index is 1210. The van der Waals surface area contributed by atoms with Crippen molar-refractivity contribution in [2.75, 3.05) is 53.5 Å². The number of benzene rings is 2. The number of piperidine rings is 1. The van der Waals surface area contributed by atoms with E-state index < -0.39 is 6.09 Å². The van der Waals surface area contributed by atoms with Gasteiger partial charge in [0.25, 0.3) is 0 Å². The third kappa shape index (κ3) is 6.42. The molecule has 8 nitrogen and oxygen atoms in total. The molecule has 1 aromatic heterocycles. The van der Waals surface area contributed by atoms with Crippen LogP contribution in [0.15, 0.2) is 42.5 Å². The number of ether oxygens (including phenoxy) is 3. The number of rotatable bonds is 8. The molecule has 8 heteroatoms. The molecule has 0 spiro atoms. The van der Waals surface area contributed by atoms with Crippen LogP contribution in [-0.2, 0) is 0 Å². The molecule has 0 bridgehead atoms. The van der Waals surface area contributed by atoms with Gasteiger partial charge in [-0.3, -0.25) is 0 Å². The zero-order valence-electron chi connectivity index (χ0n) is 22.6. The van der Waals surface area contributed by atoms with Gasteiger partial charge in [0, 0.05) is 49.2 Å². The summed E-state index contributed by atoms with van der Waals surface area (Å²) in [4.78, 5) is 21.1. The molecule has 0 saturated carbocycles. The van der Waals surface area contributed by atoms with E-state index in [1.807, 2.05) is 42.5 Å². The number of hydrogen-bond donors (Lipinski definition) is 2. The Kier molecular flexibility index (Phi) is 8.71. The van der Waals surface area contributed by atoms with Gasteiger partial charge in [-0.1, -0.05) is 31.0 Å². The number of carbonyl (C=O) groups excluding carboxylic acids is 1. The number of nitrogens with zero attached hydrogens (tertiary/aromatic N) is 2. The topological polar surface area (TPSA) is 79.1 Å². The van der Waals surface area contributed by atoms with E-state index in [2.05, 4.69) is 20.1 Å². The number of fused-ring (bicyclic) bond motifs is 1. The van der Waals surface area contributed by atoms with E-state index >= 15 is 0 Å². The minimum atomic E-state index is -0.410. The minimum Gasteiger partial charge on any atom is -0.493 e. The van der Waals surface area contributed by atoms with Gasteiger partial charge in [0.2, 0.25) is 5.88 Å². The molecule has 2 aliphatic heterocycles. The van der Waals surface area contributed by atoms with Crippen molar-refractivity contribution in [1.82, 2.24) is 20.1 Å². The van der Waals surface area contributed by atoms with Gasteiger partial charge < -0.3 is 34.3 Å². The number of hydrogen-bond acceptors (Lipinski definition) is 6. The second kappa shape index (κ2) is 12.5. The van der Waals surface area contributed by atoms with E-state index in [-0.39, 0.29) is 6.04 Å². The van der Waals surface area contributed by atoms with Gasteiger partial charge in [-0.25, -0.2) is 4.79 Å². The molecule has 2 aromatic carbocycles. The summed E-state index contributed by atoms with van der Waals surface area (Å²) >= 11 is 0. The molecule has 0 unspecified atom stereocenters. The van der Waals surface area contributed by atoms with Gasteiger partial charge in [0.15, 0.2) is 11.5 Å². The van der Waals surface area contributed by atoms with Crippen LogP contribution in [0, 0.1) is 0 Å². The fraction of sp³-hybridized carbons (Fsp3) is 0.500. The van der Waals surface area contributed by atoms with Crippen molar-refractivity contribution in [2.45, 2.75) is 44.6 Å². The average Bonchev–Trinajstić information content (AvgIpc) is 3.17. The zero-order chi connectivity index (χ0) is 26.3. The van der Waals surface area contributed by atoms with E-state index in [4.69, 9.17) is 14.2 Å². The summed E-state index contributed by atoms with van der Waals surface area (Å²) in [7, 11) is 3.25. The first-order chi connectivity index (χ1) is 18.6. The standard InChI is InChI=1S/C30H40N4O4/c1-36-27-11-10-22(20-28(27)37-2)24-8-7-9-26-25(24)21-29(32-26)38-30(35)31-23-12-16-34(17-13-23)19-18-33-14-5-3-4-6-15-33/h7-11,20-21,23,32H,3-6,12-19H2,1-2H3,(H,31,35). The lowest BCUT2D eigenvalue weighted by Crippen LogP contribution is -2.47. The lowest BCUT2D eigenvalue weighted by Gasteiger charge is -2.33. The molecule has 5 rings (SSSR count). The lowest BCUT2D eigenvalue weighted by molar-refractivity contribution is 0.157. The molecule has 0 radical (unpaired) electrons. The average molecular weight is 521 g/mol. The molecular formula is C30H40N4O4. The highest BCUT2D eigenvalue weighted by molar-refractivity contribution is 5.96. The van der Waals surface area contributed by atoms with Crippen molar-refractivity contribution in [3.05, 3.63) is 42.5 Å². The van der Waals surface area contributed by atoms with Crippen LogP contribution in [0.5, 0.6) is 17.4 Å². The van der Waals surface area contributed by atoms with Crippen LogP contribution in [0.2, 0.25) is 0 Å². The second-order valence-corrected chi connectivity index (χ2v) is 10.4. The van der Waals surface area contributed by atoms with E-state index in [0.29, 0.717) is 17.4 Å². The molecule has 1 amide bonds. The smallest absolute Gasteiger partial charge is 0.414 e. The number of nitrogens with one attached hydrogen (secondary N) is 2. The number of carbonyl (C=O) groups is 1. The highest BCUT2D eigenvalue weighted by Crippen LogP contribution is 2.36. The number of likely N-dealkylation sites (tertiary alicyclic amines) is 2. The minimum absolute atomic E-state index is 0.142. The van der Waals surface area contributed by atoms with Gasteiger partial charge in [0.05, 0.1) is 14.2 Å². The molecule has 2 N–H and O–H groups in total. The maximum absolute atomic E-state index is 12.7. The number of aromatic amines is 1. The molecule has 3 heterocycles. The fourth-order valence-electron chi connectivity index (χ4n) is 5.68. The Balaban J connectivity index is 1.15. The molecule has 2 saturated heterocycles. The van der Waals surface area contributed by atoms with E-state index in [0.717, 1.165) is 61.1 Å². The van der Waals surface area contributed by atoms with Crippen molar-refractivity contribution in [2.24, 2.45) is 0 Å². The van der Waals surface area contributed by atoms with Crippen LogP contribution in [0.4, 0.5) is 4.79 Å². The second-order valence-electron chi connectivity index (χ2n) is 10.4. The Morgan fingerprint density at radius 2 is 1.61 bits per heavy atom. The third-order valence-corrected chi connectivity index (χ3v) is 7.88. The molecule has 0 aliphatic carbocycles. The quantitative estimate of drug-likeness (QED) is 0.421. The Hall–Kier alpha value is -3.23. The molecule has 3 aromatic rings. The van der Waals surface area contributed by atoms with Crippen LogP contribution in [0.3, 0.4) is 0 Å². The number of aromatic nitrogens is 1. The van der Waals surface area contributed by atoms with E-state index in [1.54, 1.807) is 14.2 Å². The van der Waals surface area contributed by atoms with Crippen LogP contribution in [0.1, 0.15) is 38.5 Å². The summed E-state index contributed by atoms with van der Waals surface area (Å²) < 4.78 is 16.5. The van der Waals surface area contributed by atoms with Gasteiger partial charge >= 0.3 is 6.09 Å². The van der Waals surface area contributed by atoms with Crippen LogP contribution < -0.4 is 19.5 Å². The summed E-state index contributed by atoms with van der Waals surface area (Å²) in [6.07, 6.45) is 6.91. The van der Waals surface area contributed by atoms with Crippen molar-refractivity contribution >= 4 is 17.0 Å².